The summed E-state index contributed by atoms with van der Waals surface area (Å²) in [5.41, 5.74) is 1.77. The van der Waals surface area contributed by atoms with Crippen LogP contribution in [0, 0.1) is 12.8 Å². The lowest BCUT2D eigenvalue weighted by Gasteiger charge is -2.16. The van der Waals surface area contributed by atoms with Gasteiger partial charge in [-0.2, -0.15) is 4.52 Å². The number of hydrogen-bond acceptors (Lipinski definition) is 7. The Morgan fingerprint density at radius 3 is 2.92 bits per heavy atom. The predicted molar refractivity (Wildman–Crippen MR) is 95.3 cm³/mol. The Hall–Kier alpha value is -2.77. The molecular weight excluding hydrogens is 330 g/mol. The lowest BCUT2D eigenvalue weighted by molar-refractivity contribution is 0.248. The van der Waals surface area contributed by atoms with Gasteiger partial charge < -0.3 is 9.64 Å². The van der Waals surface area contributed by atoms with Crippen LogP contribution in [0.4, 0.5) is 5.95 Å². The standard InChI is InChI=1S/C18H21N7O/c1-12-6-8-19-18(20-12)24-9-7-13(10-24)11-26-16-5-4-15-21-22-17(14-2-3-14)25(15)23-16/h4-6,8,13-14H,2-3,7,9-11H2,1H3. The van der Waals surface area contributed by atoms with Gasteiger partial charge in [0, 0.05) is 42.9 Å². The van der Waals surface area contributed by atoms with E-state index in [-0.39, 0.29) is 0 Å². The summed E-state index contributed by atoms with van der Waals surface area (Å²) in [5.74, 6) is 3.34. The Morgan fingerprint density at radius 2 is 2.08 bits per heavy atom. The first kappa shape index (κ1) is 15.5. The fourth-order valence-electron chi connectivity index (χ4n) is 3.40. The van der Waals surface area contributed by atoms with Crippen LogP contribution in [-0.4, -0.2) is 49.5 Å². The smallest absolute Gasteiger partial charge is 0.231 e. The Kier molecular flexibility index (Phi) is 3.69. The van der Waals surface area contributed by atoms with Gasteiger partial charge in [-0.25, -0.2) is 9.97 Å². The number of aryl methyl sites for hydroxylation is 1. The summed E-state index contributed by atoms with van der Waals surface area (Å²) in [6.45, 7) is 4.50. The molecule has 1 aliphatic heterocycles. The van der Waals surface area contributed by atoms with Crippen molar-refractivity contribution in [1.82, 2.24) is 29.8 Å². The highest BCUT2D eigenvalue weighted by Gasteiger charge is 2.29. The molecule has 2 aliphatic rings. The second kappa shape index (κ2) is 6.19. The van der Waals surface area contributed by atoms with E-state index < -0.39 is 0 Å². The molecule has 0 radical (unpaired) electrons. The van der Waals surface area contributed by atoms with Crippen molar-refractivity contribution in [2.45, 2.75) is 32.1 Å². The zero-order valence-electron chi connectivity index (χ0n) is 14.7. The van der Waals surface area contributed by atoms with E-state index in [1.807, 2.05) is 35.8 Å². The minimum atomic E-state index is 0.445. The van der Waals surface area contributed by atoms with Crippen LogP contribution in [0.5, 0.6) is 5.88 Å². The molecule has 1 saturated carbocycles. The maximum absolute atomic E-state index is 5.98. The predicted octanol–water partition coefficient (Wildman–Crippen LogP) is 2.01. The molecule has 8 nitrogen and oxygen atoms in total. The van der Waals surface area contributed by atoms with Crippen molar-refractivity contribution < 1.29 is 4.74 Å². The molecule has 8 heteroatoms. The third-order valence-electron chi connectivity index (χ3n) is 5.02. The summed E-state index contributed by atoms with van der Waals surface area (Å²) < 4.78 is 7.80. The van der Waals surface area contributed by atoms with E-state index in [9.17, 15) is 0 Å². The van der Waals surface area contributed by atoms with Crippen molar-refractivity contribution in [1.29, 1.82) is 0 Å². The first-order valence-corrected chi connectivity index (χ1v) is 9.16. The fourth-order valence-corrected chi connectivity index (χ4v) is 3.40. The van der Waals surface area contributed by atoms with Gasteiger partial charge in [-0.05, 0) is 38.3 Å². The van der Waals surface area contributed by atoms with Crippen molar-refractivity contribution >= 4 is 11.6 Å². The topological polar surface area (TPSA) is 81.3 Å². The van der Waals surface area contributed by atoms with Gasteiger partial charge in [-0.3, -0.25) is 0 Å². The average Bonchev–Trinajstić information content (AvgIpc) is 3.23. The normalized spacial score (nSPS) is 20.0. The highest BCUT2D eigenvalue weighted by Crippen LogP contribution is 2.38. The summed E-state index contributed by atoms with van der Waals surface area (Å²) in [5, 5.41) is 13.0. The van der Waals surface area contributed by atoms with Crippen LogP contribution >= 0.6 is 0 Å². The zero-order chi connectivity index (χ0) is 17.5. The van der Waals surface area contributed by atoms with Crippen LogP contribution < -0.4 is 9.64 Å². The number of anilines is 1. The van der Waals surface area contributed by atoms with Gasteiger partial charge in [-0.1, -0.05) is 0 Å². The Balaban J connectivity index is 1.24. The van der Waals surface area contributed by atoms with Crippen molar-refractivity contribution in [3.63, 3.8) is 0 Å². The fraction of sp³-hybridized carbons (Fsp3) is 0.500. The van der Waals surface area contributed by atoms with Crippen molar-refractivity contribution in [3.8, 4) is 5.88 Å². The third kappa shape index (κ3) is 2.95. The summed E-state index contributed by atoms with van der Waals surface area (Å²) >= 11 is 0. The summed E-state index contributed by atoms with van der Waals surface area (Å²) in [7, 11) is 0. The number of hydrogen-bond donors (Lipinski definition) is 0. The van der Waals surface area contributed by atoms with Crippen LogP contribution in [0.3, 0.4) is 0 Å². The third-order valence-corrected chi connectivity index (χ3v) is 5.02. The van der Waals surface area contributed by atoms with Gasteiger partial charge in [0.05, 0.1) is 6.61 Å². The molecule has 0 N–H and O–H groups in total. The van der Waals surface area contributed by atoms with E-state index >= 15 is 0 Å². The molecule has 0 aromatic carbocycles. The maximum atomic E-state index is 5.98. The van der Waals surface area contributed by atoms with E-state index in [0.717, 1.165) is 42.6 Å². The molecule has 4 heterocycles. The highest BCUT2D eigenvalue weighted by molar-refractivity contribution is 5.38. The summed E-state index contributed by atoms with van der Waals surface area (Å²) in [6, 6.07) is 5.71. The number of fused-ring (bicyclic) bond motifs is 1. The number of aromatic nitrogens is 6. The molecule has 5 rings (SSSR count). The molecule has 3 aromatic heterocycles. The molecule has 26 heavy (non-hydrogen) atoms. The van der Waals surface area contributed by atoms with E-state index in [0.29, 0.717) is 24.3 Å². The second-order valence-corrected chi connectivity index (χ2v) is 7.18. The molecule has 134 valence electrons. The Labute approximate surface area is 151 Å². The van der Waals surface area contributed by atoms with Crippen molar-refractivity contribution in [2.75, 3.05) is 24.6 Å². The van der Waals surface area contributed by atoms with Crippen LogP contribution in [0.2, 0.25) is 0 Å². The van der Waals surface area contributed by atoms with Gasteiger partial charge in [0.25, 0.3) is 0 Å². The summed E-state index contributed by atoms with van der Waals surface area (Å²) in [6.07, 6.45) is 5.23. The number of ether oxygens (including phenoxy) is 1. The molecule has 1 atom stereocenters. The molecule has 1 aliphatic carbocycles. The molecular formula is C18H21N7O. The van der Waals surface area contributed by atoms with Crippen LogP contribution in [0.15, 0.2) is 24.4 Å². The minimum Gasteiger partial charge on any atom is -0.476 e. The first-order chi connectivity index (χ1) is 12.8. The number of nitrogens with zero attached hydrogens (tertiary/aromatic N) is 7. The van der Waals surface area contributed by atoms with Gasteiger partial charge in [0.2, 0.25) is 11.8 Å². The lowest BCUT2D eigenvalue weighted by atomic mass is 10.1. The van der Waals surface area contributed by atoms with E-state index in [4.69, 9.17) is 4.74 Å². The minimum absolute atomic E-state index is 0.445. The monoisotopic (exact) mass is 351 g/mol. The van der Waals surface area contributed by atoms with E-state index in [2.05, 4.69) is 30.2 Å². The van der Waals surface area contributed by atoms with E-state index in [1.54, 1.807) is 0 Å². The quantitative estimate of drug-likeness (QED) is 0.695. The van der Waals surface area contributed by atoms with Crippen molar-refractivity contribution in [2.24, 2.45) is 5.92 Å². The first-order valence-electron chi connectivity index (χ1n) is 9.16. The molecule has 1 saturated heterocycles. The van der Waals surface area contributed by atoms with Gasteiger partial charge in [0.1, 0.15) is 0 Å². The average molecular weight is 351 g/mol. The maximum Gasteiger partial charge on any atom is 0.231 e. The van der Waals surface area contributed by atoms with E-state index in [1.165, 1.54) is 12.8 Å². The Bertz CT molecular complexity index is 936. The van der Waals surface area contributed by atoms with Gasteiger partial charge in [-0.15, -0.1) is 15.3 Å². The summed E-state index contributed by atoms with van der Waals surface area (Å²) in [4.78, 5) is 11.1. The molecule has 3 aromatic rings. The van der Waals surface area contributed by atoms with Crippen LogP contribution in [-0.2, 0) is 0 Å². The Morgan fingerprint density at radius 1 is 1.15 bits per heavy atom. The zero-order valence-corrected chi connectivity index (χ0v) is 14.7. The SMILES string of the molecule is Cc1ccnc(N2CCC(COc3ccc4nnc(C5CC5)n4n3)C2)n1. The van der Waals surface area contributed by atoms with Crippen LogP contribution in [0.1, 0.15) is 36.7 Å². The molecule has 0 spiro atoms. The second-order valence-electron chi connectivity index (χ2n) is 7.18. The van der Waals surface area contributed by atoms with Gasteiger partial charge in [0.15, 0.2) is 11.5 Å². The lowest BCUT2D eigenvalue weighted by Crippen LogP contribution is -2.24. The van der Waals surface area contributed by atoms with Crippen LogP contribution in [0.25, 0.3) is 5.65 Å². The highest BCUT2D eigenvalue weighted by atomic mass is 16.5. The number of rotatable bonds is 5. The largest absolute Gasteiger partial charge is 0.476 e. The molecule has 1 unspecified atom stereocenters. The van der Waals surface area contributed by atoms with Gasteiger partial charge >= 0.3 is 0 Å². The van der Waals surface area contributed by atoms with Crippen molar-refractivity contribution in [3.05, 3.63) is 35.9 Å². The molecule has 0 amide bonds. The molecule has 2 fully saturated rings. The molecule has 0 bridgehead atoms.